The molecule has 3 N–H and O–H groups in total. The number of hydrogen-bond acceptors (Lipinski definition) is 4. The van der Waals surface area contributed by atoms with Gasteiger partial charge in [0.05, 0.1) is 6.42 Å². The number of benzene rings is 1. The SMILES string of the molecule is NCCNC(=O)Cc1ccc2ncoc2c1. The van der Waals surface area contributed by atoms with Crippen LogP contribution in [0.4, 0.5) is 0 Å². The van der Waals surface area contributed by atoms with Crippen LogP contribution in [-0.2, 0) is 11.2 Å². The molecule has 0 aliphatic carbocycles. The molecule has 0 aliphatic heterocycles. The minimum Gasteiger partial charge on any atom is -0.443 e. The van der Waals surface area contributed by atoms with Gasteiger partial charge in [0.1, 0.15) is 5.52 Å². The number of rotatable bonds is 4. The van der Waals surface area contributed by atoms with E-state index in [-0.39, 0.29) is 5.91 Å². The van der Waals surface area contributed by atoms with E-state index in [1.165, 1.54) is 6.39 Å². The quantitative estimate of drug-likeness (QED) is 0.782. The first kappa shape index (κ1) is 10.6. The summed E-state index contributed by atoms with van der Waals surface area (Å²) in [5, 5.41) is 2.71. The van der Waals surface area contributed by atoms with Gasteiger partial charge in [0.2, 0.25) is 5.91 Å². The molecular formula is C11H13N3O2. The fourth-order valence-corrected chi connectivity index (χ4v) is 1.47. The minimum absolute atomic E-state index is 0.0377. The van der Waals surface area contributed by atoms with Gasteiger partial charge in [-0.05, 0) is 17.7 Å². The zero-order valence-corrected chi connectivity index (χ0v) is 8.77. The van der Waals surface area contributed by atoms with E-state index < -0.39 is 0 Å². The predicted molar refractivity (Wildman–Crippen MR) is 59.8 cm³/mol. The normalized spacial score (nSPS) is 10.6. The average Bonchev–Trinajstić information content (AvgIpc) is 2.73. The lowest BCUT2D eigenvalue weighted by Gasteiger charge is -2.03. The molecule has 0 bridgehead atoms. The molecule has 16 heavy (non-hydrogen) atoms. The summed E-state index contributed by atoms with van der Waals surface area (Å²) in [6, 6.07) is 5.53. The molecule has 1 amide bonds. The summed E-state index contributed by atoms with van der Waals surface area (Å²) < 4.78 is 5.16. The third-order valence-electron chi connectivity index (χ3n) is 2.23. The highest BCUT2D eigenvalue weighted by atomic mass is 16.3. The Morgan fingerprint density at radius 2 is 2.38 bits per heavy atom. The van der Waals surface area contributed by atoms with E-state index in [9.17, 15) is 4.79 Å². The highest BCUT2D eigenvalue weighted by Crippen LogP contribution is 2.14. The van der Waals surface area contributed by atoms with Gasteiger partial charge in [-0.3, -0.25) is 4.79 Å². The van der Waals surface area contributed by atoms with Crippen LogP contribution >= 0.6 is 0 Å². The Morgan fingerprint density at radius 3 is 3.19 bits per heavy atom. The van der Waals surface area contributed by atoms with Crippen molar-refractivity contribution in [2.45, 2.75) is 6.42 Å². The zero-order valence-electron chi connectivity index (χ0n) is 8.77. The Labute approximate surface area is 92.6 Å². The lowest BCUT2D eigenvalue weighted by molar-refractivity contribution is -0.120. The van der Waals surface area contributed by atoms with Crippen LogP contribution in [0.5, 0.6) is 0 Å². The minimum atomic E-state index is -0.0377. The van der Waals surface area contributed by atoms with Gasteiger partial charge in [-0.2, -0.15) is 0 Å². The van der Waals surface area contributed by atoms with Gasteiger partial charge >= 0.3 is 0 Å². The number of hydrogen-bond donors (Lipinski definition) is 2. The first-order valence-electron chi connectivity index (χ1n) is 5.08. The van der Waals surface area contributed by atoms with Crippen LogP contribution in [0.15, 0.2) is 29.0 Å². The average molecular weight is 219 g/mol. The lowest BCUT2D eigenvalue weighted by atomic mass is 10.1. The maximum atomic E-state index is 11.4. The van der Waals surface area contributed by atoms with Crippen LogP contribution in [0.1, 0.15) is 5.56 Å². The third kappa shape index (κ3) is 2.38. The molecule has 0 spiro atoms. The van der Waals surface area contributed by atoms with Crippen molar-refractivity contribution in [2.75, 3.05) is 13.1 Å². The second kappa shape index (κ2) is 4.76. The standard InChI is InChI=1S/C11H13N3O2/c12-3-4-13-11(15)6-8-1-2-9-10(5-8)16-7-14-9/h1-2,5,7H,3-4,6,12H2,(H,13,15). The number of nitrogens with zero attached hydrogens (tertiary/aromatic N) is 1. The van der Waals surface area contributed by atoms with Gasteiger partial charge in [-0.1, -0.05) is 6.07 Å². The fourth-order valence-electron chi connectivity index (χ4n) is 1.47. The predicted octanol–water partition coefficient (Wildman–Crippen LogP) is 0.445. The van der Waals surface area contributed by atoms with Crippen molar-refractivity contribution in [3.8, 4) is 0 Å². The molecule has 5 nitrogen and oxygen atoms in total. The van der Waals surface area contributed by atoms with E-state index in [4.69, 9.17) is 10.2 Å². The molecule has 0 atom stereocenters. The van der Waals surface area contributed by atoms with Crippen molar-refractivity contribution < 1.29 is 9.21 Å². The number of nitrogens with one attached hydrogen (secondary N) is 1. The Kier molecular flexibility index (Phi) is 3.16. The van der Waals surface area contributed by atoms with Crippen LogP contribution in [0.3, 0.4) is 0 Å². The number of carbonyl (C=O) groups is 1. The topological polar surface area (TPSA) is 81.1 Å². The van der Waals surface area contributed by atoms with E-state index in [1.807, 2.05) is 18.2 Å². The first-order valence-corrected chi connectivity index (χ1v) is 5.08. The zero-order chi connectivity index (χ0) is 11.4. The van der Waals surface area contributed by atoms with Gasteiger partial charge in [0.15, 0.2) is 12.0 Å². The van der Waals surface area contributed by atoms with Crippen molar-refractivity contribution in [1.82, 2.24) is 10.3 Å². The van der Waals surface area contributed by atoms with E-state index in [2.05, 4.69) is 10.3 Å². The summed E-state index contributed by atoms with van der Waals surface area (Å²) in [6.45, 7) is 0.955. The molecule has 84 valence electrons. The monoisotopic (exact) mass is 219 g/mol. The van der Waals surface area contributed by atoms with Crippen LogP contribution in [0, 0.1) is 0 Å². The molecule has 0 unspecified atom stereocenters. The first-order chi connectivity index (χ1) is 7.79. The molecule has 0 saturated carbocycles. The van der Waals surface area contributed by atoms with E-state index >= 15 is 0 Å². The lowest BCUT2D eigenvalue weighted by Crippen LogP contribution is -2.30. The van der Waals surface area contributed by atoms with Crippen LogP contribution < -0.4 is 11.1 Å². The fraction of sp³-hybridized carbons (Fsp3) is 0.273. The number of oxazole rings is 1. The van der Waals surface area contributed by atoms with Crippen LogP contribution in [0.2, 0.25) is 0 Å². The highest BCUT2D eigenvalue weighted by molar-refractivity contribution is 5.80. The van der Waals surface area contributed by atoms with E-state index in [0.29, 0.717) is 25.1 Å². The third-order valence-corrected chi connectivity index (χ3v) is 2.23. The Morgan fingerprint density at radius 1 is 1.50 bits per heavy atom. The summed E-state index contributed by atoms with van der Waals surface area (Å²) in [5.74, 6) is -0.0377. The largest absolute Gasteiger partial charge is 0.443 e. The van der Waals surface area contributed by atoms with Gasteiger partial charge in [0.25, 0.3) is 0 Å². The maximum absolute atomic E-state index is 11.4. The molecule has 1 aromatic carbocycles. The molecule has 1 heterocycles. The number of carbonyl (C=O) groups excluding carboxylic acids is 1. The molecule has 0 radical (unpaired) electrons. The molecule has 5 heteroatoms. The molecule has 0 aliphatic rings. The maximum Gasteiger partial charge on any atom is 0.224 e. The van der Waals surface area contributed by atoms with Gasteiger partial charge in [-0.25, -0.2) is 4.98 Å². The summed E-state index contributed by atoms with van der Waals surface area (Å²) in [6.07, 6.45) is 1.72. The Bertz CT molecular complexity index is 493. The molecule has 0 saturated heterocycles. The van der Waals surface area contributed by atoms with Gasteiger partial charge in [0, 0.05) is 13.1 Å². The summed E-state index contributed by atoms with van der Waals surface area (Å²) in [7, 11) is 0. The van der Waals surface area contributed by atoms with Crippen molar-refractivity contribution in [3.63, 3.8) is 0 Å². The molecule has 0 fully saturated rings. The highest BCUT2D eigenvalue weighted by Gasteiger charge is 2.05. The Balaban J connectivity index is 2.06. The van der Waals surface area contributed by atoms with E-state index in [0.717, 1.165) is 11.1 Å². The summed E-state index contributed by atoms with van der Waals surface area (Å²) in [4.78, 5) is 15.4. The van der Waals surface area contributed by atoms with Crippen LogP contribution in [-0.4, -0.2) is 24.0 Å². The second-order valence-corrected chi connectivity index (χ2v) is 3.47. The van der Waals surface area contributed by atoms with Gasteiger partial charge in [-0.15, -0.1) is 0 Å². The summed E-state index contributed by atoms with van der Waals surface area (Å²) in [5.41, 5.74) is 7.69. The number of nitrogens with two attached hydrogens (primary N) is 1. The smallest absolute Gasteiger partial charge is 0.224 e. The number of fused-ring (bicyclic) bond motifs is 1. The number of amides is 1. The van der Waals surface area contributed by atoms with Gasteiger partial charge < -0.3 is 15.5 Å². The van der Waals surface area contributed by atoms with Crippen LogP contribution in [0.25, 0.3) is 11.1 Å². The Hall–Kier alpha value is -1.88. The molecule has 2 aromatic rings. The second-order valence-electron chi connectivity index (χ2n) is 3.47. The van der Waals surface area contributed by atoms with Crippen molar-refractivity contribution in [2.24, 2.45) is 5.73 Å². The van der Waals surface area contributed by atoms with Crippen molar-refractivity contribution in [1.29, 1.82) is 0 Å². The van der Waals surface area contributed by atoms with E-state index in [1.54, 1.807) is 0 Å². The summed E-state index contributed by atoms with van der Waals surface area (Å²) >= 11 is 0. The molecule has 1 aromatic heterocycles. The molecular weight excluding hydrogens is 206 g/mol. The molecule has 2 rings (SSSR count). The van der Waals surface area contributed by atoms with Crippen molar-refractivity contribution in [3.05, 3.63) is 30.2 Å². The van der Waals surface area contributed by atoms with Crippen molar-refractivity contribution >= 4 is 17.0 Å². The number of aromatic nitrogens is 1.